The lowest BCUT2D eigenvalue weighted by Crippen LogP contribution is -1.94. The lowest BCUT2D eigenvalue weighted by atomic mass is 10.2. The molecule has 1 aromatic carbocycles. The Hall–Kier alpha value is -0.380. The van der Waals surface area contributed by atoms with Gasteiger partial charge in [0, 0.05) is 28.6 Å². The van der Waals surface area contributed by atoms with Gasteiger partial charge in [-0.2, -0.15) is 11.8 Å². The number of hydrogen-bond acceptors (Lipinski definition) is 3. The van der Waals surface area contributed by atoms with E-state index in [1.165, 1.54) is 0 Å². The molecule has 0 bridgehead atoms. The van der Waals surface area contributed by atoms with Gasteiger partial charge >= 0.3 is 0 Å². The highest BCUT2D eigenvalue weighted by Gasteiger charge is 2.03. The Labute approximate surface area is 93.5 Å². The molecular formula is C10H14ClNOS. The minimum absolute atomic E-state index is 0.241. The van der Waals surface area contributed by atoms with Crippen molar-refractivity contribution >= 4 is 29.1 Å². The van der Waals surface area contributed by atoms with Gasteiger partial charge in [-0.25, -0.2) is 0 Å². The molecule has 0 atom stereocenters. The molecule has 0 radical (unpaired) electrons. The van der Waals surface area contributed by atoms with Crippen LogP contribution in [-0.4, -0.2) is 17.5 Å². The SMILES string of the molecule is Nc1cccc(Cl)c1CSCCCO. The van der Waals surface area contributed by atoms with Crippen molar-refractivity contribution in [3.63, 3.8) is 0 Å². The van der Waals surface area contributed by atoms with E-state index in [9.17, 15) is 0 Å². The van der Waals surface area contributed by atoms with E-state index in [2.05, 4.69) is 0 Å². The third-order valence-electron chi connectivity index (χ3n) is 1.85. The first kappa shape index (κ1) is 11.7. The van der Waals surface area contributed by atoms with Crippen LogP contribution in [0.2, 0.25) is 5.02 Å². The van der Waals surface area contributed by atoms with Crippen LogP contribution in [0.5, 0.6) is 0 Å². The second kappa shape index (κ2) is 6.17. The molecule has 0 heterocycles. The summed E-state index contributed by atoms with van der Waals surface area (Å²) in [5.41, 5.74) is 7.53. The van der Waals surface area contributed by atoms with E-state index < -0.39 is 0 Å². The zero-order valence-corrected chi connectivity index (χ0v) is 9.44. The Morgan fingerprint density at radius 1 is 1.43 bits per heavy atom. The maximum atomic E-state index is 8.61. The fraction of sp³-hybridized carbons (Fsp3) is 0.400. The number of halogens is 1. The Bertz CT molecular complexity index is 273. The maximum absolute atomic E-state index is 8.61. The zero-order chi connectivity index (χ0) is 10.4. The summed E-state index contributed by atoms with van der Waals surface area (Å²) >= 11 is 7.73. The van der Waals surface area contributed by atoms with E-state index in [4.69, 9.17) is 22.4 Å². The first-order valence-corrected chi connectivity index (χ1v) is 6.00. The number of benzene rings is 1. The summed E-state index contributed by atoms with van der Waals surface area (Å²) in [4.78, 5) is 0. The van der Waals surface area contributed by atoms with Gasteiger partial charge in [-0.15, -0.1) is 0 Å². The molecule has 0 aliphatic rings. The Balaban J connectivity index is 2.49. The van der Waals surface area contributed by atoms with Crippen molar-refractivity contribution in [2.24, 2.45) is 0 Å². The van der Waals surface area contributed by atoms with Gasteiger partial charge in [-0.3, -0.25) is 0 Å². The van der Waals surface area contributed by atoms with Crippen LogP contribution in [0.15, 0.2) is 18.2 Å². The summed E-state index contributed by atoms with van der Waals surface area (Å²) in [5, 5.41) is 9.33. The Morgan fingerprint density at radius 3 is 2.86 bits per heavy atom. The van der Waals surface area contributed by atoms with Crippen molar-refractivity contribution in [1.82, 2.24) is 0 Å². The van der Waals surface area contributed by atoms with Crippen molar-refractivity contribution in [1.29, 1.82) is 0 Å². The van der Waals surface area contributed by atoms with Gasteiger partial charge < -0.3 is 10.8 Å². The second-order valence-corrected chi connectivity index (χ2v) is 4.45. The molecular weight excluding hydrogens is 218 g/mol. The van der Waals surface area contributed by atoms with E-state index >= 15 is 0 Å². The number of anilines is 1. The van der Waals surface area contributed by atoms with E-state index in [0.717, 1.165) is 34.2 Å². The molecule has 0 unspecified atom stereocenters. The van der Waals surface area contributed by atoms with Crippen LogP contribution in [0, 0.1) is 0 Å². The van der Waals surface area contributed by atoms with Crippen LogP contribution in [0.25, 0.3) is 0 Å². The minimum Gasteiger partial charge on any atom is -0.398 e. The molecule has 1 aromatic rings. The second-order valence-electron chi connectivity index (χ2n) is 2.94. The molecule has 0 aromatic heterocycles. The first-order valence-electron chi connectivity index (χ1n) is 4.47. The summed E-state index contributed by atoms with van der Waals surface area (Å²) in [6, 6.07) is 5.55. The minimum atomic E-state index is 0.241. The first-order chi connectivity index (χ1) is 6.75. The molecule has 4 heteroatoms. The molecule has 0 spiro atoms. The molecule has 2 nitrogen and oxygen atoms in total. The monoisotopic (exact) mass is 231 g/mol. The van der Waals surface area contributed by atoms with E-state index in [0.29, 0.717) is 0 Å². The summed E-state index contributed by atoms with van der Waals surface area (Å²) in [6.07, 6.45) is 0.815. The largest absolute Gasteiger partial charge is 0.398 e. The van der Waals surface area contributed by atoms with Crippen LogP contribution in [0.4, 0.5) is 5.69 Å². The summed E-state index contributed by atoms with van der Waals surface area (Å²) in [5.74, 6) is 1.74. The number of nitrogen functional groups attached to an aromatic ring is 1. The van der Waals surface area contributed by atoms with E-state index in [1.807, 2.05) is 18.2 Å². The van der Waals surface area contributed by atoms with Crippen LogP contribution in [0.3, 0.4) is 0 Å². The van der Waals surface area contributed by atoms with Crippen LogP contribution >= 0.6 is 23.4 Å². The summed E-state index contributed by atoms with van der Waals surface area (Å²) in [6.45, 7) is 0.241. The third-order valence-corrected chi connectivity index (χ3v) is 3.27. The summed E-state index contributed by atoms with van der Waals surface area (Å²) in [7, 11) is 0. The highest BCUT2D eigenvalue weighted by Crippen LogP contribution is 2.26. The normalized spacial score (nSPS) is 10.4. The van der Waals surface area contributed by atoms with Gasteiger partial charge in [0.1, 0.15) is 0 Å². The molecule has 0 fully saturated rings. The quantitative estimate of drug-likeness (QED) is 0.605. The molecule has 0 aliphatic heterocycles. The number of hydrogen-bond donors (Lipinski definition) is 2. The predicted molar refractivity (Wildman–Crippen MR) is 63.7 cm³/mol. The van der Waals surface area contributed by atoms with Crippen molar-refractivity contribution < 1.29 is 5.11 Å². The van der Waals surface area contributed by atoms with E-state index in [-0.39, 0.29) is 6.61 Å². The molecule has 14 heavy (non-hydrogen) atoms. The van der Waals surface area contributed by atoms with Crippen molar-refractivity contribution in [2.75, 3.05) is 18.1 Å². The Morgan fingerprint density at radius 2 is 2.21 bits per heavy atom. The van der Waals surface area contributed by atoms with Crippen LogP contribution in [-0.2, 0) is 5.75 Å². The van der Waals surface area contributed by atoms with Gasteiger partial charge in [-0.1, -0.05) is 17.7 Å². The zero-order valence-electron chi connectivity index (χ0n) is 7.87. The van der Waals surface area contributed by atoms with Crippen LogP contribution < -0.4 is 5.73 Å². The average Bonchev–Trinajstić information content (AvgIpc) is 2.16. The standard InChI is InChI=1S/C10H14ClNOS/c11-9-3-1-4-10(12)8(9)7-14-6-2-5-13/h1,3-4,13H,2,5-7,12H2. The lowest BCUT2D eigenvalue weighted by molar-refractivity contribution is 0.296. The number of nitrogens with two attached hydrogens (primary N) is 1. The van der Waals surface area contributed by atoms with Crippen molar-refractivity contribution in [3.05, 3.63) is 28.8 Å². The van der Waals surface area contributed by atoms with Crippen molar-refractivity contribution in [2.45, 2.75) is 12.2 Å². The van der Waals surface area contributed by atoms with Gasteiger partial charge in [0.15, 0.2) is 0 Å². The van der Waals surface area contributed by atoms with Gasteiger partial charge in [0.25, 0.3) is 0 Å². The fourth-order valence-electron chi connectivity index (χ4n) is 1.07. The number of aliphatic hydroxyl groups excluding tert-OH is 1. The molecule has 0 saturated carbocycles. The molecule has 78 valence electrons. The van der Waals surface area contributed by atoms with E-state index in [1.54, 1.807) is 11.8 Å². The molecule has 0 saturated heterocycles. The number of thioether (sulfide) groups is 1. The fourth-order valence-corrected chi connectivity index (χ4v) is 2.40. The molecule has 3 N–H and O–H groups in total. The van der Waals surface area contributed by atoms with Gasteiger partial charge in [0.2, 0.25) is 0 Å². The van der Waals surface area contributed by atoms with Gasteiger partial charge in [0.05, 0.1) is 0 Å². The maximum Gasteiger partial charge on any atom is 0.0466 e. The van der Waals surface area contributed by atoms with Crippen LogP contribution in [0.1, 0.15) is 12.0 Å². The van der Waals surface area contributed by atoms with Crippen molar-refractivity contribution in [3.8, 4) is 0 Å². The number of aliphatic hydroxyl groups is 1. The lowest BCUT2D eigenvalue weighted by Gasteiger charge is -2.06. The highest BCUT2D eigenvalue weighted by atomic mass is 35.5. The molecule has 0 aliphatic carbocycles. The molecule has 1 rings (SSSR count). The topological polar surface area (TPSA) is 46.2 Å². The molecule has 0 amide bonds. The smallest absolute Gasteiger partial charge is 0.0466 e. The third kappa shape index (κ3) is 3.40. The van der Waals surface area contributed by atoms with Gasteiger partial charge in [-0.05, 0) is 24.3 Å². The predicted octanol–water partition coefficient (Wildman–Crippen LogP) is 2.54. The number of rotatable bonds is 5. The average molecular weight is 232 g/mol. The highest BCUT2D eigenvalue weighted by molar-refractivity contribution is 7.98. The summed E-state index contributed by atoms with van der Waals surface area (Å²) < 4.78 is 0. The Kier molecular flexibility index (Phi) is 5.15.